The van der Waals surface area contributed by atoms with Crippen LogP contribution in [0.4, 0.5) is 13.2 Å². The molecule has 0 aliphatic heterocycles. The van der Waals surface area contributed by atoms with Crippen LogP contribution in [0, 0.1) is 18.3 Å². The van der Waals surface area contributed by atoms with E-state index in [1.807, 2.05) is 6.07 Å². The molecule has 0 aliphatic carbocycles. The number of fused-ring (bicyclic) bond motifs is 1. The summed E-state index contributed by atoms with van der Waals surface area (Å²) < 4.78 is 43.0. The van der Waals surface area contributed by atoms with Crippen molar-refractivity contribution in [2.75, 3.05) is 0 Å². The fourth-order valence-corrected chi connectivity index (χ4v) is 2.92. The van der Waals surface area contributed by atoms with Crippen LogP contribution in [0.3, 0.4) is 0 Å². The Bertz CT molecular complexity index is 969. The average molecular weight is 409 g/mol. The number of pyridine rings is 1. The van der Waals surface area contributed by atoms with Gasteiger partial charge in [-0.1, -0.05) is 28.1 Å². The molecule has 0 radical (unpaired) electrons. The van der Waals surface area contributed by atoms with Crippen molar-refractivity contribution >= 4 is 27.0 Å². The lowest BCUT2D eigenvalue weighted by atomic mass is 10.1. The van der Waals surface area contributed by atoms with Crippen LogP contribution in [0.2, 0.25) is 0 Å². The third-order valence-corrected chi connectivity index (χ3v) is 4.29. The van der Waals surface area contributed by atoms with E-state index < -0.39 is 11.7 Å². The molecular formula is C17H12BrF3N4. The number of nitriles is 1. The minimum atomic E-state index is -4.53. The van der Waals surface area contributed by atoms with Crippen molar-refractivity contribution in [1.82, 2.24) is 14.8 Å². The van der Waals surface area contributed by atoms with Crippen molar-refractivity contribution in [1.29, 1.82) is 5.26 Å². The second-order valence-corrected chi connectivity index (χ2v) is 6.39. The zero-order valence-corrected chi connectivity index (χ0v) is 14.7. The smallest absolute Gasteiger partial charge is 0.246 e. The fourth-order valence-electron chi connectivity index (χ4n) is 2.66. The molecule has 2 aromatic heterocycles. The molecule has 128 valence electrons. The van der Waals surface area contributed by atoms with Gasteiger partial charge in [-0.25, -0.2) is 9.67 Å². The van der Waals surface area contributed by atoms with E-state index in [-0.39, 0.29) is 35.4 Å². The lowest BCUT2D eigenvalue weighted by Crippen LogP contribution is -2.08. The molecule has 25 heavy (non-hydrogen) atoms. The molecule has 0 N–H and O–H groups in total. The highest BCUT2D eigenvalue weighted by Crippen LogP contribution is 2.38. The Morgan fingerprint density at radius 1 is 1.24 bits per heavy atom. The molecule has 0 saturated heterocycles. The Labute approximate surface area is 150 Å². The molecule has 0 spiro atoms. The van der Waals surface area contributed by atoms with Gasteiger partial charge in [0.15, 0.2) is 5.65 Å². The summed E-state index contributed by atoms with van der Waals surface area (Å²) in [5, 5.41) is 12.9. The lowest BCUT2D eigenvalue weighted by molar-refractivity contribution is -0.136. The summed E-state index contributed by atoms with van der Waals surface area (Å²) in [7, 11) is 0. The summed E-state index contributed by atoms with van der Waals surface area (Å²) in [4.78, 5) is 4.40. The van der Waals surface area contributed by atoms with Gasteiger partial charge in [0.2, 0.25) is 0 Å². The summed E-state index contributed by atoms with van der Waals surface area (Å²) in [5.41, 5.74) is 0.401. The van der Waals surface area contributed by atoms with Gasteiger partial charge < -0.3 is 0 Å². The molecule has 0 amide bonds. The number of benzene rings is 1. The maximum atomic E-state index is 13.6. The molecule has 2 heterocycles. The van der Waals surface area contributed by atoms with Gasteiger partial charge in [-0.2, -0.15) is 23.5 Å². The number of hydrogen-bond donors (Lipinski definition) is 0. The Morgan fingerprint density at radius 3 is 2.52 bits per heavy atom. The minimum absolute atomic E-state index is 0.0219. The predicted molar refractivity (Wildman–Crippen MR) is 90.6 cm³/mol. The highest BCUT2D eigenvalue weighted by atomic mass is 79.9. The third-order valence-electron chi connectivity index (χ3n) is 3.76. The van der Waals surface area contributed by atoms with E-state index in [9.17, 15) is 13.2 Å². The zero-order chi connectivity index (χ0) is 18.2. The van der Waals surface area contributed by atoms with Crippen molar-refractivity contribution < 1.29 is 13.2 Å². The van der Waals surface area contributed by atoms with Crippen molar-refractivity contribution in [3.63, 3.8) is 0 Å². The van der Waals surface area contributed by atoms with Gasteiger partial charge in [-0.3, -0.25) is 0 Å². The monoisotopic (exact) mass is 408 g/mol. The zero-order valence-electron chi connectivity index (χ0n) is 13.1. The van der Waals surface area contributed by atoms with Crippen LogP contribution in [-0.4, -0.2) is 14.8 Å². The molecule has 3 rings (SSSR count). The van der Waals surface area contributed by atoms with Gasteiger partial charge in [0, 0.05) is 10.0 Å². The van der Waals surface area contributed by atoms with Crippen molar-refractivity contribution in [2.45, 2.75) is 26.1 Å². The van der Waals surface area contributed by atoms with Gasteiger partial charge in [-0.15, -0.1) is 0 Å². The summed E-state index contributed by atoms with van der Waals surface area (Å²) in [6.07, 6.45) is -4.39. The van der Waals surface area contributed by atoms with E-state index in [2.05, 4.69) is 26.0 Å². The number of aryl methyl sites for hydroxylation is 2. The minimum Gasteiger partial charge on any atom is -0.246 e. The Kier molecular flexibility index (Phi) is 4.52. The highest BCUT2D eigenvalue weighted by molar-refractivity contribution is 9.10. The topological polar surface area (TPSA) is 54.5 Å². The van der Waals surface area contributed by atoms with E-state index >= 15 is 0 Å². The molecule has 4 nitrogen and oxygen atoms in total. The maximum absolute atomic E-state index is 13.6. The first-order valence-corrected chi connectivity index (χ1v) is 8.19. The number of alkyl halides is 3. The Balaban J connectivity index is 2.29. The number of hydrogen-bond acceptors (Lipinski definition) is 3. The number of aromatic nitrogens is 3. The van der Waals surface area contributed by atoms with Gasteiger partial charge in [0.25, 0.3) is 0 Å². The second-order valence-electron chi connectivity index (χ2n) is 5.47. The lowest BCUT2D eigenvalue weighted by Gasteiger charge is -2.11. The van der Waals surface area contributed by atoms with Crippen LogP contribution < -0.4 is 0 Å². The molecule has 3 aromatic rings. The van der Waals surface area contributed by atoms with E-state index in [0.29, 0.717) is 5.56 Å². The van der Waals surface area contributed by atoms with Gasteiger partial charge in [0.1, 0.15) is 0 Å². The fraction of sp³-hybridized carbons (Fsp3) is 0.235. The normalized spacial score (nSPS) is 11.7. The first kappa shape index (κ1) is 17.4. The molecule has 8 heteroatoms. The van der Waals surface area contributed by atoms with Crippen LogP contribution in [0.15, 0.2) is 34.8 Å². The van der Waals surface area contributed by atoms with Crippen LogP contribution in [0.25, 0.3) is 22.3 Å². The van der Waals surface area contributed by atoms with E-state index in [0.717, 1.165) is 10.5 Å². The molecule has 1 aromatic carbocycles. The second kappa shape index (κ2) is 6.48. The van der Waals surface area contributed by atoms with Crippen molar-refractivity contribution in [2.24, 2.45) is 0 Å². The molecule has 0 aliphatic rings. The first-order chi connectivity index (χ1) is 11.8. The Hall–Kier alpha value is -2.40. The largest absolute Gasteiger partial charge is 0.417 e. The van der Waals surface area contributed by atoms with Crippen LogP contribution in [-0.2, 0) is 12.7 Å². The molecule has 0 atom stereocenters. The number of rotatable bonds is 3. The van der Waals surface area contributed by atoms with Crippen LogP contribution in [0.5, 0.6) is 0 Å². The molecular weight excluding hydrogens is 397 g/mol. The quantitative estimate of drug-likeness (QED) is 0.605. The number of nitrogens with zero attached hydrogens (tertiary/aromatic N) is 4. The number of halogens is 4. The summed E-state index contributed by atoms with van der Waals surface area (Å²) in [6.45, 7) is 1.70. The van der Waals surface area contributed by atoms with Gasteiger partial charge >= 0.3 is 6.18 Å². The molecule has 0 unspecified atom stereocenters. The summed E-state index contributed by atoms with van der Waals surface area (Å²) >= 11 is 3.30. The maximum Gasteiger partial charge on any atom is 0.417 e. The van der Waals surface area contributed by atoms with Crippen LogP contribution >= 0.6 is 15.9 Å². The van der Waals surface area contributed by atoms with Crippen LogP contribution in [0.1, 0.15) is 17.7 Å². The average Bonchev–Trinajstić information content (AvgIpc) is 2.88. The predicted octanol–water partition coefficient (Wildman–Crippen LogP) is 5.10. The standard InChI is InChI=1S/C17H12BrF3N4/c1-10-15-13(17(19,20)21)9-14(11-3-5-12(18)6-4-11)23-16(15)25(24-10)8-2-7-22/h3-6,9H,2,8H2,1H3. The van der Waals surface area contributed by atoms with E-state index in [1.54, 1.807) is 24.3 Å². The summed E-state index contributed by atoms with van der Waals surface area (Å²) in [5.74, 6) is 0. The molecule has 0 saturated carbocycles. The SMILES string of the molecule is Cc1nn(CCC#N)c2nc(-c3ccc(Br)cc3)cc(C(F)(F)F)c12. The van der Waals surface area contributed by atoms with Crippen molar-refractivity contribution in [3.05, 3.63) is 46.1 Å². The van der Waals surface area contributed by atoms with Crippen molar-refractivity contribution in [3.8, 4) is 17.3 Å². The van der Waals surface area contributed by atoms with E-state index in [1.165, 1.54) is 11.6 Å². The first-order valence-electron chi connectivity index (χ1n) is 7.39. The Morgan fingerprint density at radius 2 is 1.92 bits per heavy atom. The van der Waals surface area contributed by atoms with Gasteiger partial charge in [-0.05, 0) is 25.1 Å². The molecule has 0 bridgehead atoms. The third kappa shape index (κ3) is 3.37. The summed E-state index contributed by atoms with van der Waals surface area (Å²) in [6, 6.07) is 9.90. The van der Waals surface area contributed by atoms with Gasteiger partial charge in [0.05, 0.1) is 41.4 Å². The van der Waals surface area contributed by atoms with E-state index in [4.69, 9.17) is 5.26 Å². The highest BCUT2D eigenvalue weighted by Gasteiger charge is 2.35. The molecule has 0 fully saturated rings.